The minimum atomic E-state index is -0.313. The van der Waals surface area contributed by atoms with Gasteiger partial charge in [-0.25, -0.2) is 4.68 Å². The number of hydrogen-bond acceptors (Lipinski definition) is 4. The Labute approximate surface area is 163 Å². The molecular weight excluding hydrogens is 354 g/mol. The van der Waals surface area contributed by atoms with E-state index in [-0.39, 0.29) is 24.1 Å². The van der Waals surface area contributed by atoms with Crippen LogP contribution in [0.5, 0.6) is 5.75 Å². The summed E-state index contributed by atoms with van der Waals surface area (Å²) in [5.74, 6) is 0.512. The molecule has 28 heavy (non-hydrogen) atoms. The molecule has 1 amide bonds. The van der Waals surface area contributed by atoms with Crippen LogP contribution in [0, 0.1) is 0 Å². The van der Waals surface area contributed by atoms with Crippen LogP contribution < -0.4 is 15.2 Å². The predicted octanol–water partition coefficient (Wildman–Crippen LogP) is 2.90. The molecule has 3 aromatic rings. The van der Waals surface area contributed by atoms with Crippen molar-refractivity contribution in [2.24, 2.45) is 0 Å². The van der Waals surface area contributed by atoms with Crippen LogP contribution in [-0.4, -0.2) is 28.8 Å². The van der Waals surface area contributed by atoms with Crippen molar-refractivity contribution < 1.29 is 9.53 Å². The van der Waals surface area contributed by atoms with Crippen LogP contribution in [0.15, 0.2) is 65.5 Å². The average Bonchev–Trinajstić information content (AvgIpc) is 3.05. The summed E-state index contributed by atoms with van der Waals surface area (Å²) in [5.41, 5.74) is 3.10. The largest absolute Gasteiger partial charge is 0.496 e. The van der Waals surface area contributed by atoms with E-state index >= 15 is 0 Å². The highest BCUT2D eigenvalue weighted by molar-refractivity contribution is 5.96. The molecule has 0 fully saturated rings. The predicted molar refractivity (Wildman–Crippen MR) is 108 cm³/mol. The standard InChI is InChI=1S/C22H21N3O3/c1-15-13-16-7-3-5-9-19(16)25(15)22(27)14-24-21(26)12-11-18(23-24)17-8-4-6-10-20(17)28-2/h3-12,15H,13-14H2,1-2H3. The molecule has 0 spiro atoms. The molecule has 1 atom stereocenters. The molecule has 6 heteroatoms. The highest BCUT2D eigenvalue weighted by Gasteiger charge is 2.30. The van der Waals surface area contributed by atoms with E-state index in [1.54, 1.807) is 18.1 Å². The number of fused-ring (bicyclic) bond motifs is 1. The molecule has 0 bridgehead atoms. The van der Waals surface area contributed by atoms with Crippen molar-refractivity contribution in [2.45, 2.75) is 25.9 Å². The van der Waals surface area contributed by atoms with Gasteiger partial charge in [0.1, 0.15) is 12.3 Å². The number of hydrogen-bond donors (Lipinski definition) is 0. The van der Waals surface area contributed by atoms with Gasteiger partial charge in [0.2, 0.25) is 5.91 Å². The Balaban J connectivity index is 1.65. The van der Waals surface area contributed by atoms with E-state index in [4.69, 9.17) is 4.74 Å². The average molecular weight is 375 g/mol. The zero-order valence-electron chi connectivity index (χ0n) is 15.8. The van der Waals surface area contributed by atoms with Crippen molar-refractivity contribution in [3.05, 3.63) is 76.6 Å². The molecule has 2 aromatic carbocycles. The number of benzene rings is 2. The first-order valence-electron chi connectivity index (χ1n) is 9.20. The molecule has 1 unspecified atom stereocenters. The van der Waals surface area contributed by atoms with Crippen molar-refractivity contribution in [1.82, 2.24) is 9.78 Å². The van der Waals surface area contributed by atoms with Crippen LogP contribution in [0.3, 0.4) is 0 Å². The van der Waals surface area contributed by atoms with Crippen LogP contribution in [0.25, 0.3) is 11.3 Å². The van der Waals surface area contributed by atoms with Gasteiger partial charge < -0.3 is 9.64 Å². The molecule has 142 valence electrons. The SMILES string of the molecule is COc1ccccc1-c1ccc(=O)n(CC(=O)N2c3ccccc3CC2C)n1. The summed E-state index contributed by atoms with van der Waals surface area (Å²) >= 11 is 0. The van der Waals surface area contributed by atoms with Crippen LogP contribution in [0.1, 0.15) is 12.5 Å². The van der Waals surface area contributed by atoms with Gasteiger partial charge in [0.15, 0.2) is 0 Å². The van der Waals surface area contributed by atoms with Gasteiger partial charge in [0.05, 0.1) is 12.8 Å². The first-order valence-corrected chi connectivity index (χ1v) is 9.20. The molecule has 0 saturated carbocycles. The zero-order valence-corrected chi connectivity index (χ0v) is 15.8. The van der Waals surface area contributed by atoms with Crippen LogP contribution in [-0.2, 0) is 17.8 Å². The van der Waals surface area contributed by atoms with E-state index in [9.17, 15) is 9.59 Å². The van der Waals surface area contributed by atoms with Crippen LogP contribution in [0.4, 0.5) is 5.69 Å². The van der Waals surface area contributed by atoms with Gasteiger partial charge in [0, 0.05) is 23.4 Å². The molecule has 6 nitrogen and oxygen atoms in total. The highest BCUT2D eigenvalue weighted by atomic mass is 16.5. The summed E-state index contributed by atoms with van der Waals surface area (Å²) in [4.78, 5) is 27.1. The number of nitrogens with zero attached hydrogens (tertiary/aromatic N) is 3. The van der Waals surface area contributed by atoms with Gasteiger partial charge in [0.25, 0.3) is 5.56 Å². The second-order valence-corrected chi connectivity index (χ2v) is 6.86. The van der Waals surface area contributed by atoms with Crippen LogP contribution in [0.2, 0.25) is 0 Å². The molecule has 0 aliphatic carbocycles. The summed E-state index contributed by atoms with van der Waals surface area (Å²) in [6.07, 6.45) is 0.811. The summed E-state index contributed by atoms with van der Waals surface area (Å²) in [5, 5.41) is 4.42. The van der Waals surface area contributed by atoms with Gasteiger partial charge in [-0.15, -0.1) is 0 Å². The zero-order chi connectivity index (χ0) is 19.7. The lowest BCUT2D eigenvalue weighted by Crippen LogP contribution is -2.40. The number of ether oxygens (including phenoxy) is 1. The monoisotopic (exact) mass is 375 g/mol. The van der Waals surface area contributed by atoms with E-state index in [0.29, 0.717) is 11.4 Å². The van der Waals surface area contributed by atoms with E-state index in [1.807, 2.05) is 55.5 Å². The third-order valence-corrected chi connectivity index (χ3v) is 5.01. The second kappa shape index (κ2) is 7.31. The van der Waals surface area contributed by atoms with E-state index < -0.39 is 0 Å². The summed E-state index contributed by atoms with van der Waals surface area (Å²) in [6, 6.07) is 18.5. The molecule has 0 radical (unpaired) electrons. The topological polar surface area (TPSA) is 64.4 Å². The highest BCUT2D eigenvalue weighted by Crippen LogP contribution is 2.32. The Morgan fingerprint density at radius 3 is 2.68 bits per heavy atom. The lowest BCUT2D eigenvalue weighted by atomic mass is 10.1. The van der Waals surface area contributed by atoms with Crippen LogP contribution >= 0.6 is 0 Å². The molecule has 0 N–H and O–H groups in total. The van der Waals surface area contributed by atoms with E-state index in [0.717, 1.165) is 23.2 Å². The molecule has 1 aliphatic heterocycles. The second-order valence-electron chi connectivity index (χ2n) is 6.86. The van der Waals surface area contributed by atoms with Crippen molar-refractivity contribution in [2.75, 3.05) is 12.0 Å². The fraction of sp³-hybridized carbons (Fsp3) is 0.227. The molecule has 1 aromatic heterocycles. The maximum atomic E-state index is 13.0. The smallest absolute Gasteiger partial charge is 0.267 e. The number of para-hydroxylation sites is 2. The number of carbonyl (C=O) groups is 1. The lowest BCUT2D eigenvalue weighted by molar-refractivity contribution is -0.119. The molecular formula is C22H21N3O3. The van der Waals surface area contributed by atoms with Crippen molar-refractivity contribution in [1.29, 1.82) is 0 Å². The minimum Gasteiger partial charge on any atom is -0.496 e. The molecule has 4 rings (SSSR count). The molecule has 0 saturated heterocycles. The van der Waals surface area contributed by atoms with Gasteiger partial charge in [-0.1, -0.05) is 30.3 Å². The first kappa shape index (κ1) is 18.0. The first-order chi connectivity index (χ1) is 13.6. The van der Waals surface area contributed by atoms with Crippen molar-refractivity contribution in [3.63, 3.8) is 0 Å². The van der Waals surface area contributed by atoms with Crippen molar-refractivity contribution in [3.8, 4) is 17.0 Å². The Hall–Kier alpha value is -3.41. The molecule has 2 heterocycles. The van der Waals surface area contributed by atoms with Gasteiger partial charge in [-0.05, 0) is 43.2 Å². The maximum absolute atomic E-state index is 13.0. The third-order valence-electron chi connectivity index (χ3n) is 5.01. The Bertz CT molecular complexity index is 1090. The van der Waals surface area contributed by atoms with Gasteiger partial charge >= 0.3 is 0 Å². The Morgan fingerprint density at radius 2 is 1.86 bits per heavy atom. The summed E-state index contributed by atoms with van der Waals surface area (Å²) in [7, 11) is 1.59. The van der Waals surface area contributed by atoms with Gasteiger partial charge in [-0.3, -0.25) is 9.59 Å². The normalized spacial score (nSPS) is 15.4. The lowest BCUT2D eigenvalue weighted by Gasteiger charge is -2.23. The maximum Gasteiger partial charge on any atom is 0.267 e. The number of methoxy groups -OCH3 is 1. The minimum absolute atomic E-state index is 0.0537. The third kappa shape index (κ3) is 3.17. The molecule has 1 aliphatic rings. The quantitative estimate of drug-likeness (QED) is 0.703. The fourth-order valence-corrected chi connectivity index (χ4v) is 3.71. The Kier molecular flexibility index (Phi) is 4.69. The number of anilines is 1. The fourth-order valence-electron chi connectivity index (χ4n) is 3.71. The number of rotatable bonds is 4. The van der Waals surface area contributed by atoms with E-state index in [1.165, 1.54) is 10.7 Å². The summed E-state index contributed by atoms with van der Waals surface area (Å²) < 4.78 is 6.60. The van der Waals surface area contributed by atoms with E-state index in [2.05, 4.69) is 5.10 Å². The van der Waals surface area contributed by atoms with Gasteiger partial charge in [-0.2, -0.15) is 5.10 Å². The number of carbonyl (C=O) groups excluding carboxylic acids is 1. The Morgan fingerprint density at radius 1 is 1.11 bits per heavy atom. The number of amides is 1. The number of aromatic nitrogens is 2. The summed E-state index contributed by atoms with van der Waals surface area (Å²) in [6.45, 7) is 1.90. The van der Waals surface area contributed by atoms with Crippen molar-refractivity contribution >= 4 is 11.6 Å².